The van der Waals surface area contributed by atoms with Gasteiger partial charge in [-0.3, -0.25) is 0 Å². The molecule has 5 nitrogen and oxygen atoms in total. The minimum atomic E-state index is -0.427. The van der Waals surface area contributed by atoms with E-state index in [1.807, 2.05) is 30.3 Å². The summed E-state index contributed by atoms with van der Waals surface area (Å²) in [5.41, 5.74) is 2.32. The Morgan fingerprint density at radius 3 is 2.65 bits per heavy atom. The van der Waals surface area contributed by atoms with Gasteiger partial charge in [-0.15, -0.1) is 0 Å². The second-order valence-electron chi connectivity index (χ2n) is 9.22. The normalized spacial score (nSPS) is 18.9. The summed E-state index contributed by atoms with van der Waals surface area (Å²) >= 11 is 0. The standard InChI is InChI=1S/C29H30O5/c30-25-18-23(34-29(31)28(25)27(22-14-15-22)21-10-5-2-6-11-21)12-7-13-24(20-8-3-1-4-9-20)26-19-32-16-17-33-26/h1-3,5-6,8,10-11,16-19,22,24,27,30H,4,7,9,12-15H2. The Morgan fingerprint density at radius 1 is 1.12 bits per heavy atom. The van der Waals surface area contributed by atoms with Crippen molar-refractivity contribution in [3.8, 4) is 5.75 Å². The summed E-state index contributed by atoms with van der Waals surface area (Å²) in [6.45, 7) is 0. The predicted octanol–water partition coefficient (Wildman–Crippen LogP) is 6.46. The molecule has 3 aliphatic rings. The Morgan fingerprint density at radius 2 is 1.97 bits per heavy atom. The van der Waals surface area contributed by atoms with Crippen LogP contribution >= 0.6 is 0 Å². The van der Waals surface area contributed by atoms with Gasteiger partial charge in [0, 0.05) is 24.3 Å². The van der Waals surface area contributed by atoms with E-state index in [2.05, 4.69) is 18.2 Å². The first kappa shape index (κ1) is 22.3. The Kier molecular flexibility index (Phi) is 6.70. The average Bonchev–Trinajstić information content (AvgIpc) is 3.71. The lowest BCUT2D eigenvalue weighted by atomic mass is 9.86. The fourth-order valence-corrected chi connectivity index (χ4v) is 5.05. The van der Waals surface area contributed by atoms with Crippen molar-refractivity contribution in [1.82, 2.24) is 0 Å². The average molecular weight is 459 g/mol. The topological polar surface area (TPSA) is 68.9 Å². The van der Waals surface area contributed by atoms with Crippen molar-refractivity contribution in [2.75, 3.05) is 0 Å². The summed E-state index contributed by atoms with van der Waals surface area (Å²) in [6, 6.07) is 11.6. The molecule has 176 valence electrons. The first-order valence-corrected chi connectivity index (χ1v) is 12.1. The summed E-state index contributed by atoms with van der Waals surface area (Å²) in [5.74, 6) is 1.71. The maximum Gasteiger partial charge on any atom is 0.343 e. The zero-order chi connectivity index (χ0) is 23.3. The molecule has 2 aliphatic carbocycles. The summed E-state index contributed by atoms with van der Waals surface area (Å²) in [7, 11) is 0. The highest BCUT2D eigenvalue weighted by Crippen LogP contribution is 2.47. The number of ether oxygens (including phenoxy) is 2. The number of hydrogen-bond acceptors (Lipinski definition) is 5. The fraction of sp³-hybridized carbons (Fsp3) is 0.345. The highest BCUT2D eigenvalue weighted by atomic mass is 16.5. The number of hydrogen-bond donors (Lipinski definition) is 1. The van der Waals surface area contributed by atoms with Gasteiger partial charge < -0.3 is 19.0 Å². The van der Waals surface area contributed by atoms with Gasteiger partial charge in [-0.1, -0.05) is 54.1 Å². The van der Waals surface area contributed by atoms with E-state index in [-0.39, 0.29) is 17.6 Å². The van der Waals surface area contributed by atoms with Crippen LogP contribution in [0.2, 0.25) is 0 Å². The van der Waals surface area contributed by atoms with Crippen molar-refractivity contribution in [1.29, 1.82) is 0 Å². The molecular weight excluding hydrogens is 428 g/mol. The Bertz CT molecular complexity index is 1180. The Hall–Kier alpha value is -3.47. The molecule has 2 unspecified atom stereocenters. The number of aromatic hydroxyl groups is 1. The summed E-state index contributed by atoms with van der Waals surface area (Å²) in [4.78, 5) is 13.0. The van der Waals surface area contributed by atoms with Crippen molar-refractivity contribution in [2.45, 2.75) is 50.9 Å². The number of rotatable bonds is 9. The van der Waals surface area contributed by atoms with E-state index in [0.717, 1.165) is 49.8 Å². The third-order valence-corrected chi connectivity index (χ3v) is 6.86. The van der Waals surface area contributed by atoms with Crippen LogP contribution in [-0.4, -0.2) is 5.11 Å². The minimum Gasteiger partial charge on any atom is -0.507 e. The second kappa shape index (κ2) is 10.2. The summed E-state index contributed by atoms with van der Waals surface area (Å²) in [6.07, 6.45) is 17.4. The lowest BCUT2D eigenvalue weighted by Crippen LogP contribution is -2.17. The van der Waals surface area contributed by atoms with Crippen LogP contribution in [0.3, 0.4) is 0 Å². The lowest BCUT2D eigenvalue weighted by molar-refractivity contribution is 0.221. The highest BCUT2D eigenvalue weighted by molar-refractivity contribution is 5.41. The molecule has 0 saturated heterocycles. The van der Waals surface area contributed by atoms with E-state index in [1.54, 1.807) is 18.6 Å². The first-order chi connectivity index (χ1) is 16.7. The number of aryl methyl sites for hydroxylation is 1. The summed E-state index contributed by atoms with van der Waals surface area (Å²) < 4.78 is 16.8. The van der Waals surface area contributed by atoms with Gasteiger partial charge in [0.1, 0.15) is 36.1 Å². The van der Waals surface area contributed by atoms with Crippen LogP contribution in [0.4, 0.5) is 0 Å². The van der Waals surface area contributed by atoms with E-state index in [4.69, 9.17) is 13.9 Å². The van der Waals surface area contributed by atoms with E-state index >= 15 is 0 Å². The van der Waals surface area contributed by atoms with Crippen LogP contribution in [-0.2, 0) is 15.9 Å². The fourth-order valence-electron chi connectivity index (χ4n) is 5.05. The van der Waals surface area contributed by atoms with Crippen molar-refractivity contribution in [3.05, 3.63) is 112 Å². The summed E-state index contributed by atoms with van der Waals surface area (Å²) in [5, 5.41) is 10.9. The van der Waals surface area contributed by atoms with Gasteiger partial charge >= 0.3 is 5.63 Å². The van der Waals surface area contributed by atoms with Crippen molar-refractivity contribution < 1.29 is 19.0 Å². The lowest BCUT2D eigenvalue weighted by Gasteiger charge is -2.24. The first-order valence-electron chi connectivity index (χ1n) is 12.1. The van der Waals surface area contributed by atoms with Crippen LogP contribution in [0.1, 0.15) is 61.3 Å². The van der Waals surface area contributed by atoms with Gasteiger partial charge in [0.25, 0.3) is 0 Å². The molecule has 1 aromatic carbocycles. The maximum atomic E-state index is 13.0. The van der Waals surface area contributed by atoms with E-state index in [0.29, 0.717) is 23.7 Å². The quantitative estimate of drug-likeness (QED) is 0.467. The Labute approximate surface area is 199 Å². The van der Waals surface area contributed by atoms with Crippen LogP contribution in [0.25, 0.3) is 0 Å². The second-order valence-corrected chi connectivity index (χ2v) is 9.22. The molecule has 5 heteroatoms. The molecule has 1 aliphatic heterocycles. The molecular formula is C29H30O5. The zero-order valence-corrected chi connectivity index (χ0v) is 19.2. The SMILES string of the molecule is O=c1oc(CCCC(C2=CC=CCC2)C2=COC=CO2)cc(O)c1C(c1ccccc1)C1CC1. The van der Waals surface area contributed by atoms with Crippen molar-refractivity contribution in [2.24, 2.45) is 11.8 Å². The van der Waals surface area contributed by atoms with Gasteiger partial charge in [0.15, 0.2) is 0 Å². The third-order valence-electron chi connectivity index (χ3n) is 6.86. The van der Waals surface area contributed by atoms with Crippen LogP contribution in [0.15, 0.2) is 94.0 Å². The maximum absolute atomic E-state index is 13.0. The molecule has 2 heterocycles. The van der Waals surface area contributed by atoms with Gasteiger partial charge in [0.05, 0.1) is 5.56 Å². The van der Waals surface area contributed by atoms with E-state index in [9.17, 15) is 9.90 Å². The van der Waals surface area contributed by atoms with Gasteiger partial charge in [-0.25, -0.2) is 4.79 Å². The molecule has 0 amide bonds. The molecule has 0 spiro atoms. The monoisotopic (exact) mass is 458 g/mol. The molecule has 1 fully saturated rings. The smallest absolute Gasteiger partial charge is 0.343 e. The zero-order valence-electron chi connectivity index (χ0n) is 19.2. The predicted molar refractivity (Wildman–Crippen MR) is 130 cm³/mol. The molecule has 0 radical (unpaired) electrons. The number of allylic oxidation sites excluding steroid dienone is 4. The largest absolute Gasteiger partial charge is 0.507 e. The van der Waals surface area contributed by atoms with Crippen molar-refractivity contribution >= 4 is 0 Å². The van der Waals surface area contributed by atoms with E-state index in [1.165, 1.54) is 11.8 Å². The molecule has 1 saturated carbocycles. The third kappa shape index (κ3) is 5.04. The molecule has 5 rings (SSSR count). The van der Waals surface area contributed by atoms with Crippen LogP contribution < -0.4 is 5.63 Å². The molecule has 2 aromatic rings. The highest BCUT2D eigenvalue weighted by Gasteiger charge is 2.37. The van der Waals surface area contributed by atoms with E-state index < -0.39 is 5.63 Å². The molecule has 34 heavy (non-hydrogen) atoms. The van der Waals surface area contributed by atoms with Gasteiger partial charge in [-0.2, -0.15) is 0 Å². The minimum absolute atomic E-state index is 0.0422. The van der Waals surface area contributed by atoms with Gasteiger partial charge in [-0.05, 0) is 50.0 Å². The van der Waals surface area contributed by atoms with Crippen LogP contribution in [0.5, 0.6) is 5.75 Å². The molecule has 2 atom stereocenters. The number of benzene rings is 1. The molecule has 0 bridgehead atoms. The molecule has 1 N–H and O–H groups in total. The van der Waals surface area contributed by atoms with Crippen molar-refractivity contribution in [3.63, 3.8) is 0 Å². The molecule has 1 aromatic heterocycles. The van der Waals surface area contributed by atoms with Gasteiger partial charge in [0.2, 0.25) is 0 Å². The van der Waals surface area contributed by atoms with Crippen LogP contribution in [0, 0.1) is 11.8 Å². The Balaban J connectivity index is 1.31.